The van der Waals surface area contributed by atoms with Crippen LogP contribution in [0, 0.1) is 0 Å². The first-order chi connectivity index (χ1) is 7.20. The van der Waals surface area contributed by atoms with Crippen LogP contribution < -0.4 is 0 Å². The molecule has 0 amide bonds. The van der Waals surface area contributed by atoms with Crippen LogP contribution in [0.1, 0.15) is 19.4 Å². The predicted octanol–water partition coefficient (Wildman–Crippen LogP) is 2.00. The SMILES string of the molecule is CCOC(C)=O.O=CCc1ccccc1. The minimum Gasteiger partial charge on any atom is -0.466 e. The van der Waals surface area contributed by atoms with Crippen LogP contribution in [0.3, 0.4) is 0 Å². The lowest BCUT2D eigenvalue weighted by Crippen LogP contribution is -1.95. The van der Waals surface area contributed by atoms with Crippen molar-refractivity contribution in [3.8, 4) is 0 Å². The van der Waals surface area contributed by atoms with E-state index in [9.17, 15) is 9.59 Å². The van der Waals surface area contributed by atoms with Gasteiger partial charge in [-0.25, -0.2) is 0 Å². The van der Waals surface area contributed by atoms with Crippen molar-refractivity contribution in [1.82, 2.24) is 0 Å². The molecule has 0 bridgehead atoms. The molecule has 0 saturated carbocycles. The lowest BCUT2D eigenvalue weighted by molar-refractivity contribution is -0.140. The molecule has 1 aromatic carbocycles. The van der Waals surface area contributed by atoms with Gasteiger partial charge in [0.25, 0.3) is 0 Å². The average Bonchev–Trinajstić information content (AvgIpc) is 2.20. The second-order valence-corrected chi connectivity index (χ2v) is 2.78. The molecule has 0 aliphatic heterocycles. The zero-order chi connectivity index (χ0) is 11.5. The number of hydrogen-bond acceptors (Lipinski definition) is 3. The van der Waals surface area contributed by atoms with Crippen molar-refractivity contribution < 1.29 is 14.3 Å². The van der Waals surface area contributed by atoms with Gasteiger partial charge in [-0.05, 0) is 12.5 Å². The molecule has 0 aromatic heterocycles. The summed E-state index contributed by atoms with van der Waals surface area (Å²) in [5.41, 5.74) is 1.08. The summed E-state index contributed by atoms with van der Waals surface area (Å²) in [6.45, 7) is 3.65. The van der Waals surface area contributed by atoms with Crippen molar-refractivity contribution in [2.24, 2.45) is 0 Å². The van der Waals surface area contributed by atoms with Crippen LogP contribution in [-0.2, 0) is 20.7 Å². The van der Waals surface area contributed by atoms with Crippen molar-refractivity contribution in [1.29, 1.82) is 0 Å². The summed E-state index contributed by atoms with van der Waals surface area (Å²) in [5, 5.41) is 0. The molecule has 0 aliphatic carbocycles. The Hall–Kier alpha value is -1.64. The number of ether oxygens (including phenoxy) is 1. The zero-order valence-corrected chi connectivity index (χ0v) is 9.10. The second-order valence-electron chi connectivity index (χ2n) is 2.78. The molecule has 82 valence electrons. The van der Waals surface area contributed by atoms with Crippen LogP contribution in [0.2, 0.25) is 0 Å². The minimum atomic E-state index is -0.211. The molecular weight excluding hydrogens is 192 g/mol. The van der Waals surface area contributed by atoms with E-state index in [1.807, 2.05) is 30.3 Å². The summed E-state index contributed by atoms with van der Waals surface area (Å²) in [6.07, 6.45) is 1.44. The smallest absolute Gasteiger partial charge is 0.302 e. The van der Waals surface area contributed by atoms with Crippen molar-refractivity contribution >= 4 is 12.3 Å². The monoisotopic (exact) mass is 208 g/mol. The van der Waals surface area contributed by atoms with Gasteiger partial charge in [-0.1, -0.05) is 30.3 Å². The maximum atomic E-state index is 9.97. The standard InChI is InChI=1S/C8H8O.C4H8O2/c9-7-6-8-4-2-1-3-5-8;1-3-6-4(2)5/h1-5,7H,6H2;3H2,1-2H3. The van der Waals surface area contributed by atoms with Crippen molar-refractivity contribution in [2.45, 2.75) is 20.3 Å². The first-order valence-corrected chi connectivity index (χ1v) is 4.81. The highest BCUT2D eigenvalue weighted by atomic mass is 16.5. The third kappa shape index (κ3) is 8.68. The molecule has 0 heterocycles. The van der Waals surface area contributed by atoms with E-state index in [0.29, 0.717) is 13.0 Å². The maximum Gasteiger partial charge on any atom is 0.302 e. The van der Waals surface area contributed by atoms with Crippen molar-refractivity contribution in [3.05, 3.63) is 35.9 Å². The lowest BCUT2D eigenvalue weighted by Gasteiger charge is -1.89. The van der Waals surface area contributed by atoms with Crippen LogP contribution in [0.5, 0.6) is 0 Å². The van der Waals surface area contributed by atoms with E-state index >= 15 is 0 Å². The lowest BCUT2D eigenvalue weighted by atomic mass is 10.2. The number of rotatable bonds is 3. The fourth-order valence-electron chi connectivity index (χ4n) is 0.914. The molecule has 0 aliphatic rings. The Morgan fingerprint density at radius 1 is 1.33 bits per heavy atom. The van der Waals surface area contributed by atoms with Gasteiger partial charge in [0, 0.05) is 13.3 Å². The highest BCUT2D eigenvalue weighted by Crippen LogP contribution is 1.96. The van der Waals surface area contributed by atoms with Gasteiger partial charge in [-0.15, -0.1) is 0 Å². The Morgan fingerprint density at radius 3 is 2.27 bits per heavy atom. The van der Waals surface area contributed by atoms with Gasteiger partial charge >= 0.3 is 5.97 Å². The van der Waals surface area contributed by atoms with E-state index < -0.39 is 0 Å². The Balaban J connectivity index is 0.000000288. The Bertz CT molecular complexity index is 280. The molecule has 0 atom stereocenters. The van der Waals surface area contributed by atoms with Crippen LogP contribution in [0.15, 0.2) is 30.3 Å². The summed E-state index contributed by atoms with van der Waals surface area (Å²) in [5.74, 6) is -0.211. The minimum absolute atomic E-state index is 0.211. The van der Waals surface area contributed by atoms with Gasteiger partial charge in [-0.3, -0.25) is 4.79 Å². The highest BCUT2D eigenvalue weighted by Gasteiger charge is 1.84. The van der Waals surface area contributed by atoms with E-state index in [-0.39, 0.29) is 5.97 Å². The van der Waals surface area contributed by atoms with E-state index in [0.717, 1.165) is 11.8 Å². The molecule has 0 saturated heterocycles. The number of carbonyl (C=O) groups excluding carboxylic acids is 2. The molecule has 0 spiro atoms. The maximum absolute atomic E-state index is 9.97. The Morgan fingerprint density at radius 2 is 1.93 bits per heavy atom. The number of esters is 1. The molecule has 3 heteroatoms. The second kappa shape index (κ2) is 8.94. The van der Waals surface area contributed by atoms with Crippen molar-refractivity contribution in [2.75, 3.05) is 6.61 Å². The normalized spacial score (nSPS) is 8.40. The molecular formula is C12H16O3. The van der Waals surface area contributed by atoms with Gasteiger partial charge in [-0.2, -0.15) is 0 Å². The van der Waals surface area contributed by atoms with Crippen molar-refractivity contribution in [3.63, 3.8) is 0 Å². The summed E-state index contributed by atoms with van der Waals surface area (Å²) < 4.78 is 4.40. The summed E-state index contributed by atoms with van der Waals surface area (Å²) in [7, 11) is 0. The van der Waals surface area contributed by atoms with Crippen LogP contribution in [-0.4, -0.2) is 18.9 Å². The van der Waals surface area contributed by atoms with E-state index in [4.69, 9.17) is 0 Å². The number of carbonyl (C=O) groups is 2. The van der Waals surface area contributed by atoms with E-state index in [2.05, 4.69) is 4.74 Å². The number of hydrogen-bond donors (Lipinski definition) is 0. The molecule has 0 N–H and O–H groups in total. The quantitative estimate of drug-likeness (QED) is 0.563. The summed E-state index contributed by atoms with van der Waals surface area (Å²) in [4.78, 5) is 19.8. The van der Waals surface area contributed by atoms with Gasteiger partial charge < -0.3 is 9.53 Å². The first kappa shape index (κ1) is 13.4. The van der Waals surface area contributed by atoms with E-state index in [1.54, 1.807) is 6.92 Å². The molecule has 15 heavy (non-hydrogen) atoms. The van der Waals surface area contributed by atoms with Crippen LogP contribution in [0.25, 0.3) is 0 Å². The molecule has 1 aromatic rings. The van der Waals surface area contributed by atoms with Gasteiger partial charge in [0.05, 0.1) is 6.61 Å². The average molecular weight is 208 g/mol. The van der Waals surface area contributed by atoms with Crippen LogP contribution >= 0.6 is 0 Å². The molecule has 0 fully saturated rings. The number of benzene rings is 1. The first-order valence-electron chi connectivity index (χ1n) is 4.81. The third-order valence-electron chi connectivity index (χ3n) is 1.51. The highest BCUT2D eigenvalue weighted by molar-refractivity contribution is 5.65. The fraction of sp³-hybridized carbons (Fsp3) is 0.333. The Labute approximate surface area is 90.1 Å². The topological polar surface area (TPSA) is 43.4 Å². The van der Waals surface area contributed by atoms with Gasteiger partial charge in [0.15, 0.2) is 0 Å². The summed E-state index contributed by atoms with van der Waals surface area (Å²) >= 11 is 0. The number of aldehydes is 1. The largest absolute Gasteiger partial charge is 0.466 e. The molecule has 1 rings (SSSR count). The molecule has 3 nitrogen and oxygen atoms in total. The summed E-state index contributed by atoms with van der Waals surface area (Å²) in [6, 6.07) is 9.68. The molecule has 0 radical (unpaired) electrons. The van der Waals surface area contributed by atoms with E-state index in [1.165, 1.54) is 6.92 Å². The van der Waals surface area contributed by atoms with Gasteiger partial charge in [0.1, 0.15) is 6.29 Å². The zero-order valence-electron chi connectivity index (χ0n) is 9.10. The Kier molecular flexibility index (Phi) is 7.96. The third-order valence-corrected chi connectivity index (χ3v) is 1.51. The van der Waals surface area contributed by atoms with Gasteiger partial charge in [0.2, 0.25) is 0 Å². The predicted molar refractivity (Wildman–Crippen MR) is 58.5 cm³/mol. The fourth-order valence-corrected chi connectivity index (χ4v) is 0.914. The molecule has 0 unspecified atom stereocenters. The van der Waals surface area contributed by atoms with Crippen LogP contribution in [0.4, 0.5) is 0 Å².